The fourth-order valence-electron chi connectivity index (χ4n) is 1.73. The second-order valence-corrected chi connectivity index (χ2v) is 5.91. The second kappa shape index (κ2) is 6.39. The van der Waals surface area contributed by atoms with E-state index in [1.165, 1.54) is 11.8 Å². The van der Waals surface area contributed by atoms with Crippen LogP contribution in [0.3, 0.4) is 0 Å². The van der Waals surface area contributed by atoms with Gasteiger partial charge in [0, 0.05) is 16.3 Å². The number of thioether (sulfide) groups is 1. The Labute approximate surface area is 130 Å². The first-order chi connectivity index (χ1) is 9.49. The van der Waals surface area contributed by atoms with Gasteiger partial charge in [-0.3, -0.25) is 0 Å². The Morgan fingerprint density at radius 3 is 2.60 bits per heavy atom. The van der Waals surface area contributed by atoms with E-state index >= 15 is 0 Å². The molecule has 6 heteroatoms. The Morgan fingerprint density at radius 1 is 1.20 bits per heavy atom. The molecular weight excluding hydrogens is 317 g/mol. The van der Waals surface area contributed by atoms with E-state index in [2.05, 4.69) is 0 Å². The molecule has 2 aromatic carbocycles. The summed E-state index contributed by atoms with van der Waals surface area (Å²) in [5.41, 5.74) is 6.80. The topological polar surface area (TPSA) is 63.3 Å². The van der Waals surface area contributed by atoms with Crippen LogP contribution in [0.2, 0.25) is 10.0 Å². The van der Waals surface area contributed by atoms with E-state index in [9.17, 15) is 9.90 Å². The number of halogens is 2. The highest BCUT2D eigenvalue weighted by molar-refractivity contribution is 7.98. The molecule has 0 fully saturated rings. The Balaban J connectivity index is 2.21. The third-order valence-electron chi connectivity index (χ3n) is 2.68. The minimum atomic E-state index is -1.02. The molecule has 2 aromatic rings. The van der Waals surface area contributed by atoms with Crippen LogP contribution >= 0.6 is 35.0 Å². The standard InChI is InChI=1S/C14H11Cl2NO2S/c15-10-5-4-9(6-11(10)16)20-7-8-2-1-3-12(17)13(8)14(18)19/h1-6H,7,17H2,(H,18,19). The van der Waals surface area contributed by atoms with E-state index in [1.54, 1.807) is 30.3 Å². The zero-order valence-corrected chi connectivity index (χ0v) is 12.6. The first-order valence-corrected chi connectivity index (χ1v) is 7.41. The van der Waals surface area contributed by atoms with Gasteiger partial charge in [0.05, 0.1) is 15.6 Å². The number of hydrogen-bond acceptors (Lipinski definition) is 3. The number of benzene rings is 2. The van der Waals surface area contributed by atoms with Crippen molar-refractivity contribution in [1.82, 2.24) is 0 Å². The van der Waals surface area contributed by atoms with Crippen LogP contribution in [0.25, 0.3) is 0 Å². The number of carboxylic acids is 1. The van der Waals surface area contributed by atoms with E-state index in [4.69, 9.17) is 28.9 Å². The smallest absolute Gasteiger partial charge is 0.338 e. The lowest BCUT2D eigenvalue weighted by molar-refractivity contribution is 0.0697. The highest BCUT2D eigenvalue weighted by Gasteiger charge is 2.13. The molecule has 0 amide bonds. The lowest BCUT2D eigenvalue weighted by Crippen LogP contribution is -2.06. The molecule has 0 bridgehead atoms. The molecule has 0 aliphatic heterocycles. The maximum absolute atomic E-state index is 11.2. The summed E-state index contributed by atoms with van der Waals surface area (Å²) >= 11 is 13.3. The number of nitrogens with two attached hydrogens (primary N) is 1. The Kier molecular flexibility index (Phi) is 4.81. The van der Waals surface area contributed by atoms with Gasteiger partial charge in [-0.1, -0.05) is 35.3 Å². The van der Waals surface area contributed by atoms with Crippen molar-refractivity contribution in [2.45, 2.75) is 10.6 Å². The summed E-state index contributed by atoms with van der Waals surface area (Å²) in [5.74, 6) is -0.530. The number of aromatic carboxylic acids is 1. The fraction of sp³-hybridized carbons (Fsp3) is 0.0714. The molecule has 0 radical (unpaired) electrons. The zero-order valence-electron chi connectivity index (χ0n) is 10.3. The van der Waals surface area contributed by atoms with Crippen LogP contribution in [0.15, 0.2) is 41.3 Å². The predicted molar refractivity (Wildman–Crippen MR) is 83.8 cm³/mol. The molecule has 20 heavy (non-hydrogen) atoms. The van der Waals surface area contributed by atoms with Crippen LogP contribution in [0.1, 0.15) is 15.9 Å². The summed E-state index contributed by atoms with van der Waals surface area (Å²) in [6.07, 6.45) is 0. The molecule has 3 N–H and O–H groups in total. The molecule has 0 saturated heterocycles. The maximum atomic E-state index is 11.2. The first kappa shape index (κ1) is 15.0. The van der Waals surface area contributed by atoms with Crippen molar-refractivity contribution in [1.29, 1.82) is 0 Å². The van der Waals surface area contributed by atoms with E-state index in [0.717, 1.165) is 4.90 Å². The minimum absolute atomic E-state index is 0.153. The molecule has 0 atom stereocenters. The lowest BCUT2D eigenvalue weighted by Gasteiger charge is -2.09. The molecule has 3 nitrogen and oxygen atoms in total. The Bertz CT molecular complexity index is 662. The third-order valence-corrected chi connectivity index (χ3v) is 4.46. The summed E-state index contributed by atoms with van der Waals surface area (Å²) in [7, 11) is 0. The molecule has 0 aliphatic carbocycles. The van der Waals surface area contributed by atoms with Gasteiger partial charge in [0.25, 0.3) is 0 Å². The Morgan fingerprint density at radius 2 is 1.95 bits per heavy atom. The number of carboxylic acid groups (broad SMARTS) is 1. The highest BCUT2D eigenvalue weighted by atomic mass is 35.5. The van der Waals surface area contributed by atoms with Gasteiger partial charge in [0.2, 0.25) is 0 Å². The third kappa shape index (κ3) is 3.39. The van der Waals surface area contributed by atoms with Crippen molar-refractivity contribution < 1.29 is 9.90 Å². The first-order valence-electron chi connectivity index (χ1n) is 5.67. The van der Waals surface area contributed by atoms with Crippen molar-refractivity contribution in [2.24, 2.45) is 0 Å². The monoisotopic (exact) mass is 327 g/mol. The highest BCUT2D eigenvalue weighted by Crippen LogP contribution is 2.31. The van der Waals surface area contributed by atoms with Crippen LogP contribution in [-0.4, -0.2) is 11.1 Å². The Hall–Kier alpha value is -1.36. The normalized spacial score (nSPS) is 10.5. The molecule has 0 spiro atoms. The molecule has 104 valence electrons. The lowest BCUT2D eigenvalue weighted by atomic mass is 10.1. The van der Waals surface area contributed by atoms with E-state index in [1.807, 2.05) is 6.07 Å². The van der Waals surface area contributed by atoms with Crippen molar-refractivity contribution in [3.63, 3.8) is 0 Å². The van der Waals surface area contributed by atoms with E-state index < -0.39 is 5.97 Å². The maximum Gasteiger partial charge on any atom is 0.338 e. The zero-order chi connectivity index (χ0) is 14.7. The summed E-state index contributed by atoms with van der Waals surface area (Å²) < 4.78 is 0. The number of rotatable bonds is 4. The van der Waals surface area contributed by atoms with Crippen molar-refractivity contribution in [3.8, 4) is 0 Å². The number of carbonyl (C=O) groups is 1. The molecule has 0 saturated carbocycles. The van der Waals surface area contributed by atoms with Crippen LogP contribution < -0.4 is 5.73 Å². The van der Waals surface area contributed by atoms with Gasteiger partial charge in [0.15, 0.2) is 0 Å². The van der Waals surface area contributed by atoms with Gasteiger partial charge in [-0.15, -0.1) is 11.8 Å². The largest absolute Gasteiger partial charge is 0.478 e. The van der Waals surface area contributed by atoms with Crippen molar-refractivity contribution in [3.05, 3.63) is 57.6 Å². The van der Waals surface area contributed by atoms with Gasteiger partial charge in [-0.25, -0.2) is 4.79 Å². The molecule has 2 rings (SSSR count). The number of nitrogen functional groups attached to an aromatic ring is 1. The van der Waals surface area contributed by atoms with Crippen LogP contribution in [0.5, 0.6) is 0 Å². The average molecular weight is 328 g/mol. The quantitative estimate of drug-likeness (QED) is 0.638. The van der Waals surface area contributed by atoms with Gasteiger partial charge >= 0.3 is 5.97 Å². The van der Waals surface area contributed by atoms with Crippen molar-refractivity contribution >= 4 is 46.6 Å². The van der Waals surface area contributed by atoms with Crippen molar-refractivity contribution in [2.75, 3.05) is 5.73 Å². The molecule has 0 aromatic heterocycles. The van der Waals surface area contributed by atoms with E-state index in [-0.39, 0.29) is 11.3 Å². The summed E-state index contributed by atoms with van der Waals surface area (Å²) in [6.45, 7) is 0. The minimum Gasteiger partial charge on any atom is -0.478 e. The number of hydrogen-bond donors (Lipinski definition) is 2. The summed E-state index contributed by atoms with van der Waals surface area (Å²) in [6, 6.07) is 10.4. The predicted octanol–water partition coefficient (Wildman–Crippen LogP) is 4.57. The SMILES string of the molecule is Nc1cccc(CSc2ccc(Cl)c(Cl)c2)c1C(=O)O. The number of anilines is 1. The van der Waals surface area contributed by atoms with Gasteiger partial charge in [0.1, 0.15) is 0 Å². The molecule has 0 unspecified atom stereocenters. The molecule has 0 aliphatic rings. The molecule has 0 heterocycles. The van der Waals surface area contributed by atoms with Crippen LogP contribution in [0, 0.1) is 0 Å². The molecular formula is C14H11Cl2NO2S. The van der Waals surface area contributed by atoms with E-state index in [0.29, 0.717) is 21.4 Å². The summed E-state index contributed by atoms with van der Waals surface area (Å²) in [5, 5.41) is 10.2. The van der Waals surface area contributed by atoms with Gasteiger partial charge < -0.3 is 10.8 Å². The van der Waals surface area contributed by atoms with Crippen LogP contribution in [0.4, 0.5) is 5.69 Å². The average Bonchev–Trinajstić information content (AvgIpc) is 2.39. The van der Waals surface area contributed by atoms with Crippen LogP contribution in [-0.2, 0) is 5.75 Å². The second-order valence-electron chi connectivity index (χ2n) is 4.05. The van der Waals surface area contributed by atoms with Gasteiger partial charge in [-0.2, -0.15) is 0 Å². The van der Waals surface area contributed by atoms with Gasteiger partial charge in [-0.05, 0) is 29.8 Å². The summed E-state index contributed by atoms with van der Waals surface area (Å²) in [4.78, 5) is 12.1. The fourth-order valence-corrected chi connectivity index (χ4v) is 3.02.